The summed E-state index contributed by atoms with van der Waals surface area (Å²) in [5.41, 5.74) is 1.97. The largest absolute Gasteiger partial charge is 0.495 e. The molecule has 0 aliphatic carbocycles. The number of nitrogens with zero attached hydrogens (tertiary/aromatic N) is 1. The first-order valence-corrected chi connectivity index (χ1v) is 8.24. The van der Waals surface area contributed by atoms with Crippen LogP contribution in [0.3, 0.4) is 0 Å². The maximum absolute atomic E-state index is 12.4. The van der Waals surface area contributed by atoms with Gasteiger partial charge in [-0.05, 0) is 42.8 Å². The van der Waals surface area contributed by atoms with Crippen molar-refractivity contribution in [2.24, 2.45) is 0 Å². The van der Waals surface area contributed by atoms with Crippen LogP contribution in [0.15, 0.2) is 36.4 Å². The monoisotopic (exact) mass is 380 g/mol. The summed E-state index contributed by atoms with van der Waals surface area (Å²) in [6.07, 6.45) is 0. The van der Waals surface area contributed by atoms with Crippen LogP contribution in [0, 0.1) is 6.92 Å². The standard InChI is InChI=1S/C18H18Cl2N2O3/c1-11-4-5-17(25-3)16(6-11)21-18(24)10-22(12(2)23)15-8-13(19)7-14(20)9-15/h4-9H,10H2,1-3H3,(H,21,24). The van der Waals surface area contributed by atoms with Crippen molar-refractivity contribution in [3.63, 3.8) is 0 Å². The summed E-state index contributed by atoms with van der Waals surface area (Å²) >= 11 is 12.0. The summed E-state index contributed by atoms with van der Waals surface area (Å²) in [5, 5.41) is 3.53. The Bertz CT molecular complexity index is 789. The number of nitrogens with one attached hydrogen (secondary N) is 1. The number of carbonyl (C=O) groups excluding carboxylic acids is 2. The Morgan fingerprint density at radius 2 is 1.76 bits per heavy atom. The molecule has 0 saturated carbocycles. The molecule has 25 heavy (non-hydrogen) atoms. The van der Waals surface area contributed by atoms with E-state index in [9.17, 15) is 9.59 Å². The van der Waals surface area contributed by atoms with Crippen molar-refractivity contribution in [1.82, 2.24) is 0 Å². The second kappa shape index (κ2) is 8.23. The molecule has 0 aromatic heterocycles. The van der Waals surface area contributed by atoms with E-state index < -0.39 is 0 Å². The van der Waals surface area contributed by atoms with Gasteiger partial charge in [0.05, 0.1) is 12.8 Å². The Labute approximate surface area is 156 Å². The summed E-state index contributed by atoms with van der Waals surface area (Å²) in [4.78, 5) is 25.7. The maximum atomic E-state index is 12.4. The molecular formula is C18H18Cl2N2O3. The van der Waals surface area contributed by atoms with E-state index in [-0.39, 0.29) is 18.4 Å². The number of amides is 2. The second-order valence-corrected chi connectivity index (χ2v) is 6.36. The van der Waals surface area contributed by atoms with Crippen LogP contribution in [0.2, 0.25) is 10.0 Å². The normalized spacial score (nSPS) is 10.3. The van der Waals surface area contributed by atoms with Gasteiger partial charge in [0, 0.05) is 22.7 Å². The zero-order valence-corrected chi connectivity index (χ0v) is 15.6. The fraction of sp³-hybridized carbons (Fsp3) is 0.222. The minimum atomic E-state index is -0.366. The molecule has 0 atom stereocenters. The summed E-state index contributed by atoms with van der Waals surface area (Å²) < 4.78 is 5.24. The van der Waals surface area contributed by atoms with Crippen LogP contribution in [0.1, 0.15) is 12.5 Å². The quantitative estimate of drug-likeness (QED) is 0.840. The molecule has 0 aliphatic heterocycles. The van der Waals surface area contributed by atoms with Crippen molar-refractivity contribution in [3.8, 4) is 5.75 Å². The van der Waals surface area contributed by atoms with Gasteiger partial charge in [-0.1, -0.05) is 29.3 Å². The van der Waals surface area contributed by atoms with Gasteiger partial charge in [0.1, 0.15) is 12.3 Å². The van der Waals surface area contributed by atoms with Gasteiger partial charge in [-0.3, -0.25) is 9.59 Å². The van der Waals surface area contributed by atoms with Crippen molar-refractivity contribution < 1.29 is 14.3 Å². The molecule has 0 spiro atoms. The number of anilines is 2. The zero-order valence-electron chi connectivity index (χ0n) is 14.1. The number of hydrogen-bond acceptors (Lipinski definition) is 3. The molecule has 2 rings (SSSR count). The van der Waals surface area contributed by atoms with Crippen LogP contribution >= 0.6 is 23.2 Å². The van der Waals surface area contributed by atoms with Crippen molar-refractivity contribution in [2.75, 3.05) is 23.9 Å². The number of halogens is 2. The lowest BCUT2D eigenvalue weighted by atomic mass is 10.2. The average molecular weight is 381 g/mol. The lowest BCUT2D eigenvalue weighted by molar-refractivity contribution is -0.120. The van der Waals surface area contributed by atoms with Gasteiger partial charge < -0.3 is 15.0 Å². The van der Waals surface area contributed by atoms with Crippen molar-refractivity contribution in [1.29, 1.82) is 0 Å². The van der Waals surface area contributed by atoms with E-state index in [1.807, 2.05) is 13.0 Å². The smallest absolute Gasteiger partial charge is 0.244 e. The van der Waals surface area contributed by atoms with Crippen LogP contribution in [0.25, 0.3) is 0 Å². The highest BCUT2D eigenvalue weighted by Gasteiger charge is 2.18. The van der Waals surface area contributed by atoms with E-state index >= 15 is 0 Å². The third-order valence-corrected chi connectivity index (χ3v) is 3.91. The van der Waals surface area contributed by atoms with E-state index in [1.54, 1.807) is 30.3 Å². The first kappa shape index (κ1) is 19.1. The first-order chi connectivity index (χ1) is 11.8. The van der Waals surface area contributed by atoms with E-state index in [4.69, 9.17) is 27.9 Å². The molecule has 5 nitrogen and oxygen atoms in total. The molecule has 132 valence electrons. The molecule has 7 heteroatoms. The van der Waals surface area contributed by atoms with Crippen LogP contribution < -0.4 is 15.0 Å². The van der Waals surface area contributed by atoms with Gasteiger partial charge in [0.2, 0.25) is 11.8 Å². The number of rotatable bonds is 5. The molecule has 0 heterocycles. The van der Waals surface area contributed by atoms with Gasteiger partial charge in [-0.25, -0.2) is 0 Å². The van der Waals surface area contributed by atoms with Crippen LogP contribution in [-0.2, 0) is 9.59 Å². The lowest BCUT2D eigenvalue weighted by Crippen LogP contribution is -2.36. The minimum Gasteiger partial charge on any atom is -0.495 e. The third kappa shape index (κ3) is 5.11. The number of aryl methyl sites for hydroxylation is 1. The Kier molecular flexibility index (Phi) is 6.28. The molecule has 0 aliphatic rings. The van der Waals surface area contributed by atoms with Gasteiger partial charge in [0.15, 0.2) is 0 Å². The van der Waals surface area contributed by atoms with Gasteiger partial charge in [-0.15, -0.1) is 0 Å². The Balaban J connectivity index is 2.21. The summed E-state index contributed by atoms with van der Waals surface area (Å²) in [5.74, 6) is -0.126. The summed E-state index contributed by atoms with van der Waals surface area (Å²) in [6.45, 7) is 3.10. The van der Waals surface area contributed by atoms with E-state index in [0.717, 1.165) is 5.56 Å². The predicted molar refractivity (Wildman–Crippen MR) is 101 cm³/mol. The number of benzene rings is 2. The summed E-state index contributed by atoms with van der Waals surface area (Å²) in [6, 6.07) is 10.2. The average Bonchev–Trinajstić information content (AvgIpc) is 2.51. The maximum Gasteiger partial charge on any atom is 0.244 e. The molecule has 2 amide bonds. The molecule has 2 aromatic carbocycles. The van der Waals surface area contributed by atoms with Gasteiger partial charge in [0.25, 0.3) is 0 Å². The Morgan fingerprint density at radius 1 is 1.12 bits per heavy atom. The van der Waals surface area contributed by atoms with E-state index in [0.29, 0.717) is 27.2 Å². The van der Waals surface area contributed by atoms with Crippen molar-refractivity contribution >= 4 is 46.4 Å². The molecule has 0 fully saturated rings. The zero-order chi connectivity index (χ0) is 18.6. The molecule has 0 unspecified atom stereocenters. The molecule has 1 N–H and O–H groups in total. The molecule has 0 bridgehead atoms. The summed E-state index contributed by atoms with van der Waals surface area (Å²) in [7, 11) is 1.52. The highest BCUT2D eigenvalue weighted by atomic mass is 35.5. The topological polar surface area (TPSA) is 58.6 Å². The van der Waals surface area contributed by atoms with Gasteiger partial charge in [-0.2, -0.15) is 0 Å². The fourth-order valence-electron chi connectivity index (χ4n) is 2.33. The third-order valence-electron chi connectivity index (χ3n) is 3.47. The molecule has 0 radical (unpaired) electrons. The highest BCUT2D eigenvalue weighted by molar-refractivity contribution is 6.35. The van der Waals surface area contributed by atoms with Crippen LogP contribution in [-0.4, -0.2) is 25.5 Å². The second-order valence-electron chi connectivity index (χ2n) is 5.48. The van der Waals surface area contributed by atoms with Crippen molar-refractivity contribution in [3.05, 3.63) is 52.0 Å². The first-order valence-electron chi connectivity index (χ1n) is 7.49. The lowest BCUT2D eigenvalue weighted by Gasteiger charge is -2.21. The van der Waals surface area contributed by atoms with E-state index in [2.05, 4.69) is 5.32 Å². The SMILES string of the molecule is COc1ccc(C)cc1NC(=O)CN(C(C)=O)c1cc(Cl)cc(Cl)c1. The predicted octanol–water partition coefficient (Wildman–Crippen LogP) is 4.30. The Morgan fingerprint density at radius 3 is 2.32 bits per heavy atom. The number of methoxy groups -OCH3 is 1. The van der Waals surface area contributed by atoms with Crippen LogP contribution in [0.5, 0.6) is 5.75 Å². The number of hydrogen-bond donors (Lipinski definition) is 1. The van der Waals surface area contributed by atoms with Gasteiger partial charge >= 0.3 is 0 Å². The number of ether oxygens (including phenoxy) is 1. The number of carbonyl (C=O) groups is 2. The molecule has 0 saturated heterocycles. The minimum absolute atomic E-state index is 0.177. The fourth-order valence-corrected chi connectivity index (χ4v) is 2.85. The molecular weight excluding hydrogens is 363 g/mol. The highest BCUT2D eigenvalue weighted by Crippen LogP contribution is 2.27. The Hall–Kier alpha value is -2.24. The molecule has 2 aromatic rings. The van der Waals surface area contributed by atoms with Crippen LogP contribution in [0.4, 0.5) is 11.4 Å². The van der Waals surface area contributed by atoms with E-state index in [1.165, 1.54) is 18.9 Å². The van der Waals surface area contributed by atoms with Crippen molar-refractivity contribution in [2.45, 2.75) is 13.8 Å².